The Balaban J connectivity index is 1.32. The molecule has 0 unspecified atom stereocenters. The number of hydrogen-bond acceptors (Lipinski definition) is 5. The van der Waals surface area contributed by atoms with Crippen LogP contribution in [0.3, 0.4) is 0 Å². The van der Waals surface area contributed by atoms with Gasteiger partial charge in [-0.3, -0.25) is 14.5 Å². The fourth-order valence-corrected chi connectivity index (χ4v) is 3.56. The molecule has 30 heavy (non-hydrogen) atoms. The minimum Gasteiger partial charge on any atom is -0.299 e. The standard InChI is InChI=1S/C22H22FN5O2/c1-15-13-21-27(11-2-12-28(21)26-15)22(30)10-8-19(29)14-18-7-9-20(25-24-18)16-3-5-17(23)6-4-16/h3-7,9,13H,2,8,10-12,14H2,1H3. The predicted molar refractivity (Wildman–Crippen MR) is 109 cm³/mol. The zero-order chi connectivity index (χ0) is 21.1. The highest BCUT2D eigenvalue weighted by molar-refractivity contribution is 5.95. The molecule has 7 nitrogen and oxygen atoms in total. The summed E-state index contributed by atoms with van der Waals surface area (Å²) in [7, 11) is 0. The molecule has 0 radical (unpaired) electrons. The third-order valence-corrected chi connectivity index (χ3v) is 5.07. The molecule has 0 saturated heterocycles. The molecule has 0 N–H and O–H groups in total. The molecule has 0 fully saturated rings. The molecule has 4 rings (SSSR count). The molecule has 3 heterocycles. The van der Waals surface area contributed by atoms with Crippen LogP contribution in [0.2, 0.25) is 0 Å². The van der Waals surface area contributed by atoms with Gasteiger partial charge in [-0.2, -0.15) is 15.3 Å². The van der Waals surface area contributed by atoms with Gasteiger partial charge in [0.2, 0.25) is 5.91 Å². The maximum absolute atomic E-state index is 13.0. The summed E-state index contributed by atoms with van der Waals surface area (Å²) in [4.78, 5) is 26.7. The number of anilines is 1. The van der Waals surface area contributed by atoms with Crippen molar-refractivity contribution in [2.75, 3.05) is 11.4 Å². The molecule has 0 saturated carbocycles. The molecule has 3 aromatic rings. The van der Waals surface area contributed by atoms with E-state index in [2.05, 4.69) is 15.3 Å². The van der Waals surface area contributed by atoms with Gasteiger partial charge >= 0.3 is 0 Å². The number of halogens is 1. The number of fused-ring (bicyclic) bond motifs is 1. The van der Waals surface area contributed by atoms with Crippen molar-refractivity contribution >= 4 is 17.5 Å². The third-order valence-electron chi connectivity index (χ3n) is 5.07. The molecule has 1 aliphatic heterocycles. The van der Waals surface area contributed by atoms with Gasteiger partial charge < -0.3 is 0 Å². The molecule has 0 spiro atoms. The highest BCUT2D eigenvalue weighted by Gasteiger charge is 2.24. The number of amides is 1. The van der Waals surface area contributed by atoms with E-state index in [0.29, 0.717) is 17.9 Å². The summed E-state index contributed by atoms with van der Waals surface area (Å²) in [5.41, 5.74) is 2.79. The first-order valence-electron chi connectivity index (χ1n) is 9.94. The number of aromatic nitrogens is 4. The van der Waals surface area contributed by atoms with Crippen LogP contribution in [0.25, 0.3) is 11.3 Å². The van der Waals surface area contributed by atoms with Crippen LogP contribution >= 0.6 is 0 Å². The Bertz CT molecular complexity index is 1060. The number of nitrogens with zero attached hydrogens (tertiary/aromatic N) is 5. The Hall–Kier alpha value is -3.42. The van der Waals surface area contributed by atoms with Crippen molar-refractivity contribution in [2.24, 2.45) is 0 Å². The lowest BCUT2D eigenvalue weighted by Gasteiger charge is -2.27. The van der Waals surface area contributed by atoms with Crippen molar-refractivity contribution < 1.29 is 14.0 Å². The topological polar surface area (TPSA) is 81.0 Å². The normalized spacial score (nSPS) is 13.2. The van der Waals surface area contributed by atoms with Crippen molar-refractivity contribution in [1.82, 2.24) is 20.0 Å². The van der Waals surface area contributed by atoms with Crippen LogP contribution in [0, 0.1) is 12.7 Å². The summed E-state index contributed by atoms with van der Waals surface area (Å²) in [5, 5.41) is 12.6. The second kappa shape index (κ2) is 8.52. The number of carbonyl (C=O) groups excluding carboxylic acids is 2. The SMILES string of the molecule is Cc1cc2n(n1)CCCN2C(=O)CCC(=O)Cc1ccc(-c2ccc(F)cc2)nn1. The Morgan fingerprint density at radius 3 is 2.57 bits per heavy atom. The maximum atomic E-state index is 13.0. The van der Waals surface area contributed by atoms with Crippen LogP contribution in [0.4, 0.5) is 10.2 Å². The number of hydrogen-bond donors (Lipinski definition) is 0. The molecule has 1 aromatic carbocycles. The van der Waals surface area contributed by atoms with Crippen molar-refractivity contribution in [3.63, 3.8) is 0 Å². The smallest absolute Gasteiger partial charge is 0.228 e. The molecule has 1 amide bonds. The third kappa shape index (κ3) is 4.42. The Kier molecular flexibility index (Phi) is 5.65. The van der Waals surface area contributed by atoms with Crippen LogP contribution in [0.1, 0.15) is 30.7 Å². The molecule has 8 heteroatoms. The van der Waals surface area contributed by atoms with Crippen LogP contribution in [-0.4, -0.2) is 38.2 Å². The Morgan fingerprint density at radius 2 is 1.83 bits per heavy atom. The Morgan fingerprint density at radius 1 is 1.03 bits per heavy atom. The fourth-order valence-electron chi connectivity index (χ4n) is 3.56. The lowest BCUT2D eigenvalue weighted by atomic mass is 10.1. The van der Waals surface area contributed by atoms with Crippen molar-refractivity contribution in [2.45, 2.75) is 39.2 Å². The summed E-state index contributed by atoms with van der Waals surface area (Å²) in [6, 6.07) is 11.4. The van der Waals surface area contributed by atoms with Crippen molar-refractivity contribution in [1.29, 1.82) is 0 Å². The molecule has 0 atom stereocenters. The van der Waals surface area contributed by atoms with E-state index in [1.54, 1.807) is 29.2 Å². The number of Topliss-reactive ketones (excluding diaryl/α,β-unsaturated/α-hetero) is 1. The first kappa shape index (κ1) is 19.9. The molecule has 2 aromatic heterocycles. The summed E-state index contributed by atoms with van der Waals surface area (Å²) in [6.07, 6.45) is 1.29. The van der Waals surface area contributed by atoms with Gasteiger partial charge in [0.15, 0.2) is 0 Å². The maximum Gasteiger partial charge on any atom is 0.228 e. The van der Waals surface area contributed by atoms with Gasteiger partial charge in [-0.15, -0.1) is 0 Å². The van der Waals surface area contributed by atoms with E-state index >= 15 is 0 Å². The monoisotopic (exact) mass is 407 g/mol. The first-order chi connectivity index (χ1) is 14.5. The number of carbonyl (C=O) groups is 2. The first-order valence-corrected chi connectivity index (χ1v) is 9.94. The predicted octanol–water partition coefficient (Wildman–Crippen LogP) is 3.12. The van der Waals surface area contributed by atoms with Gasteiger partial charge in [0.25, 0.3) is 0 Å². The second-order valence-corrected chi connectivity index (χ2v) is 7.40. The van der Waals surface area contributed by atoms with E-state index in [-0.39, 0.29) is 36.8 Å². The average Bonchev–Trinajstić information content (AvgIpc) is 3.13. The van der Waals surface area contributed by atoms with Crippen LogP contribution in [-0.2, 0) is 22.6 Å². The van der Waals surface area contributed by atoms with E-state index in [0.717, 1.165) is 30.0 Å². The van der Waals surface area contributed by atoms with Gasteiger partial charge in [0, 0.05) is 37.6 Å². The minimum atomic E-state index is -0.312. The molecular formula is C22H22FN5O2. The summed E-state index contributed by atoms with van der Waals surface area (Å²) >= 11 is 0. The van der Waals surface area contributed by atoms with E-state index in [9.17, 15) is 14.0 Å². The number of rotatable bonds is 6. The van der Waals surface area contributed by atoms with E-state index in [4.69, 9.17) is 0 Å². The summed E-state index contributed by atoms with van der Waals surface area (Å²) in [5.74, 6) is 0.363. The molecule has 0 aliphatic carbocycles. The lowest BCUT2D eigenvalue weighted by Crippen LogP contribution is -2.37. The van der Waals surface area contributed by atoms with Gasteiger partial charge in [0.1, 0.15) is 17.4 Å². The summed E-state index contributed by atoms with van der Waals surface area (Å²) in [6.45, 7) is 3.35. The van der Waals surface area contributed by atoms with Gasteiger partial charge in [-0.05, 0) is 49.7 Å². The molecular weight excluding hydrogens is 385 g/mol. The van der Waals surface area contributed by atoms with Gasteiger partial charge in [-0.1, -0.05) is 0 Å². The van der Waals surface area contributed by atoms with Crippen molar-refractivity contribution in [3.05, 3.63) is 59.7 Å². The zero-order valence-electron chi connectivity index (χ0n) is 16.7. The molecule has 1 aliphatic rings. The van der Waals surface area contributed by atoms with E-state index in [1.165, 1.54) is 12.1 Å². The van der Waals surface area contributed by atoms with Crippen LogP contribution < -0.4 is 4.90 Å². The molecule has 0 bridgehead atoms. The zero-order valence-corrected chi connectivity index (χ0v) is 16.7. The minimum absolute atomic E-state index is 0.0612. The highest BCUT2D eigenvalue weighted by atomic mass is 19.1. The number of aryl methyl sites for hydroxylation is 2. The van der Waals surface area contributed by atoms with E-state index in [1.807, 2.05) is 17.7 Å². The fraction of sp³-hybridized carbons (Fsp3) is 0.318. The largest absolute Gasteiger partial charge is 0.299 e. The van der Waals surface area contributed by atoms with Gasteiger partial charge in [-0.25, -0.2) is 9.07 Å². The lowest BCUT2D eigenvalue weighted by molar-refractivity contribution is -0.123. The molecule has 154 valence electrons. The number of ketones is 1. The van der Waals surface area contributed by atoms with E-state index < -0.39 is 0 Å². The Labute approximate surface area is 173 Å². The van der Waals surface area contributed by atoms with Crippen LogP contribution in [0.5, 0.6) is 0 Å². The van der Waals surface area contributed by atoms with Crippen molar-refractivity contribution in [3.8, 4) is 11.3 Å². The average molecular weight is 407 g/mol. The van der Waals surface area contributed by atoms with Crippen LogP contribution in [0.15, 0.2) is 42.5 Å². The quantitative estimate of drug-likeness (QED) is 0.627. The highest BCUT2D eigenvalue weighted by Crippen LogP contribution is 2.23. The van der Waals surface area contributed by atoms with Gasteiger partial charge in [0.05, 0.1) is 23.5 Å². The second-order valence-electron chi connectivity index (χ2n) is 7.40. The summed E-state index contributed by atoms with van der Waals surface area (Å²) < 4.78 is 14.9. The number of benzene rings is 1.